The van der Waals surface area contributed by atoms with Crippen molar-refractivity contribution in [3.8, 4) is 0 Å². The van der Waals surface area contributed by atoms with E-state index in [0.717, 1.165) is 12.8 Å². The Morgan fingerprint density at radius 2 is 2.00 bits per heavy atom. The van der Waals surface area contributed by atoms with E-state index in [1.807, 2.05) is 0 Å². The highest BCUT2D eigenvalue weighted by molar-refractivity contribution is 5.78. The summed E-state index contributed by atoms with van der Waals surface area (Å²) in [5.74, 6) is 0.142. The summed E-state index contributed by atoms with van der Waals surface area (Å²) in [5.41, 5.74) is 0.448. The summed E-state index contributed by atoms with van der Waals surface area (Å²) in [4.78, 5) is 11.7. The first-order chi connectivity index (χ1) is 7.96. The molecule has 1 fully saturated rings. The first-order valence-electron chi connectivity index (χ1n) is 6.99. The minimum absolute atomic E-state index is 0.142. The predicted octanol–water partition coefficient (Wildman–Crippen LogP) is 2.46. The van der Waals surface area contributed by atoms with Crippen LogP contribution in [0.4, 0.5) is 0 Å². The molecule has 3 nitrogen and oxygen atoms in total. The number of hydrogen-bond donors (Lipinski definition) is 2. The fourth-order valence-electron chi connectivity index (χ4n) is 2.62. The molecule has 0 aromatic heterocycles. The van der Waals surface area contributed by atoms with Crippen molar-refractivity contribution >= 4 is 5.91 Å². The number of rotatable bonds is 6. The summed E-state index contributed by atoms with van der Waals surface area (Å²) in [7, 11) is 0. The van der Waals surface area contributed by atoms with E-state index in [-0.39, 0.29) is 5.91 Å². The van der Waals surface area contributed by atoms with Gasteiger partial charge in [-0.25, -0.2) is 0 Å². The highest BCUT2D eigenvalue weighted by Gasteiger charge is 2.30. The summed E-state index contributed by atoms with van der Waals surface area (Å²) in [6.07, 6.45) is 5.67. The van der Waals surface area contributed by atoms with Gasteiger partial charge < -0.3 is 10.6 Å². The normalized spacial score (nSPS) is 23.0. The summed E-state index contributed by atoms with van der Waals surface area (Å²) < 4.78 is 0. The minimum atomic E-state index is 0.142. The molecule has 3 heteroatoms. The van der Waals surface area contributed by atoms with E-state index in [0.29, 0.717) is 24.0 Å². The molecule has 1 unspecified atom stereocenters. The van der Waals surface area contributed by atoms with Crippen LogP contribution in [0.25, 0.3) is 0 Å². The molecule has 100 valence electrons. The highest BCUT2D eigenvalue weighted by atomic mass is 16.1. The Bertz CT molecular complexity index is 247. The van der Waals surface area contributed by atoms with Crippen molar-refractivity contribution in [2.75, 3.05) is 6.54 Å². The molecule has 1 aliphatic carbocycles. The summed E-state index contributed by atoms with van der Waals surface area (Å²) >= 11 is 0. The Labute approximate surface area is 106 Å². The van der Waals surface area contributed by atoms with Gasteiger partial charge in [0.2, 0.25) is 5.91 Å². The smallest absolute Gasteiger partial charge is 0.234 e. The van der Waals surface area contributed by atoms with Crippen molar-refractivity contribution in [1.29, 1.82) is 0 Å². The Kier molecular flexibility index (Phi) is 5.44. The zero-order valence-electron chi connectivity index (χ0n) is 11.8. The van der Waals surface area contributed by atoms with Gasteiger partial charge in [0.25, 0.3) is 0 Å². The van der Waals surface area contributed by atoms with Crippen molar-refractivity contribution in [3.63, 3.8) is 0 Å². The summed E-state index contributed by atoms with van der Waals surface area (Å²) in [6.45, 7) is 9.30. The van der Waals surface area contributed by atoms with E-state index in [4.69, 9.17) is 0 Å². The quantitative estimate of drug-likeness (QED) is 0.749. The van der Waals surface area contributed by atoms with Crippen molar-refractivity contribution in [1.82, 2.24) is 10.6 Å². The molecular weight excluding hydrogens is 212 g/mol. The SMILES string of the molecule is CCC(CC)NC(=O)CNC1CCC(C)(C)C1. The van der Waals surface area contributed by atoms with Crippen LogP contribution in [-0.2, 0) is 4.79 Å². The largest absolute Gasteiger partial charge is 0.352 e. The summed E-state index contributed by atoms with van der Waals surface area (Å²) in [5, 5.41) is 6.44. The van der Waals surface area contributed by atoms with Gasteiger partial charge in [0.1, 0.15) is 0 Å². The molecule has 1 saturated carbocycles. The Morgan fingerprint density at radius 3 is 2.47 bits per heavy atom. The number of nitrogens with one attached hydrogen (secondary N) is 2. The van der Waals surface area contributed by atoms with Crippen molar-refractivity contribution < 1.29 is 4.79 Å². The Balaban J connectivity index is 2.20. The predicted molar refractivity (Wildman–Crippen MR) is 71.9 cm³/mol. The molecular formula is C14H28N2O. The fourth-order valence-corrected chi connectivity index (χ4v) is 2.62. The van der Waals surface area contributed by atoms with Gasteiger partial charge in [0.15, 0.2) is 0 Å². The maximum Gasteiger partial charge on any atom is 0.234 e. The van der Waals surface area contributed by atoms with Crippen LogP contribution in [0.2, 0.25) is 0 Å². The lowest BCUT2D eigenvalue weighted by Crippen LogP contribution is -2.42. The van der Waals surface area contributed by atoms with Crippen LogP contribution in [0, 0.1) is 5.41 Å². The average molecular weight is 240 g/mol. The lowest BCUT2D eigenvalue weighted by molar-refractivity contribution is -0.121. The van der Waals surface area contributed by atoms with Crippen LogP contribution in [-0.4, -0.2) is 24.5 Å². The molecule has 1 rings (SSSR count). The maximum absolute atomic E-state index is 11.7. The average Bonchev–Trinajstić information content (AvgIpc) is 2.63. The van der Waals surface area contributed by atoms with Crippen LogP contribution in [0.3, 0.4) is 0 Å². The molecule has 0 radical (unpaired) electrons. The second-order valence-electron chi connectivity index (χ2n) is 6.07. The van der Waals surface area contributed by atoms with E-state index >= 15 is 0 Å². The molecule has 0 aromatic carbocycles. The molecule has 0 aromatic rings. The molecule has 1 atom stereocenters. The first kappa shape index (κ1) is 14.5. The number of carbonyl (C=O) groups is 1. The maximum atomic E-state index is 11.7. The summed E-state index contributed by atoms with van der Waals surface area (Å²) in [6, 6.07) is 0.863. The van der Waals surface area contributed by atoms with Crippen LogP contribution < -0.4 is 10.6 Å². The van der Waals surface area contributed by atoms with Crippen LogP contribution >= 0.6 is 0 Å². The highest BCUT2D eigenvalue weighted by Crippen LogP contribution is 2.36. The first-order valence-corrected chi connectivity index (χ1v) is 6.99. The van der Waals surface area contributed by atoms with Crippen LogP contribution in [0.5, 0.6) is 0 Å². The third-order valence-corrected chi connectivity index (χ3v) is 3.87. The van der Waals surface area contributed by atoms with E-state index < -0.39 is 0 Å². The Morgan fingerprint density at radius 1 is 1.35 bits per heavy atom. The number of amides is 1. The van der Waals surface area contributed by atoms with E-state index in [2.05, 4.69) is 38.3 Å². The molecule has 1 aliphatic rings. The van der Waals surface area contributed by atoms with Crippen molar-refractivity contribution in [2.24, 2.45) is 5.41 Å². The van der Waals surface area contributed by atoms with Gasteiger partial charge in [0, 0.05) is 12.1 Å². The van der Waals surface area contributed by atoms with Gasteiger partial charge in [-0.05, 0) is 37.5 Å². The van der Waals surface area contributed by atoms with Gasteiger partial charge in [-0.1, -0.05) is 27.7 Å². The minimum Gasteiger partial charge on any atom is -0.352 e. The van der Waals surface area contributed by atoms with Gasteiger partial charge in [-0.3, -0.25) is 4.79 Å². The van der Waals surface area contributed by atoms with Gasteiger partial charge in [-0.15, -0.1) is 0 Å². The standard InChI is InChI=1S/C14H28N2O/c1-5-11(6-2)16-13(17)10-15-12-7-8-14(3,4)9-12/h11-12,15H,5-10H2,1-4H3,(H,16,17). The fraction of sp³-hybridized carbons (Fsp3) is 0.929. The molecule has 0 heterocycles. The van der Waals surface area contributed by atoms with Gasteiger partial charge in [-0.2, -0.15) is 0 Å². The van der Waals surface area contributed by atoms with Crippen molar-refractivity contribution in [2.45, 2.75) is 71.9 Å². The van der Waals surface area contributed by atoms with Crippen LogP contribution in [0.15, 0.2) is 0 Å². The van der Waals surface area contributed by atoms with Crippen LogP contribution in [0.1, 0.15) is 59.8 Å². The molecule has 0 aliphatic heterocycles. The van der Waals surface area contributed by atoms with Gasteiger partial charge in [0.05, 0.1) is 6.54 Å². The van der Waals surface area contributed by atoms with Gasteiger partial charge >= 0.3 is 0 Å². The zero-order valence-corrected chi connectivity index (χ0v) is 11.8. The molecule has 0 saturated heterocycles. The molecule has 0 spiro atoms. The molecule has 1 amide bonds. The van der Waals surface area contributed by atoms with E-state index in [1.165, 1.54) is 19.3 Å². The lowest BCUT2D eigenvalue weighted by atomic mass is 9.92. The molecule has 2 N–H and O–H groups in total. The number of hydrogen-bond acceptors (Lipinski definition) is 2. The second-order valence-corrected chi connectivity index (χ2v) is 6.07. The Hall–Kier alpha value is -0.570. The van der Waals surface area contributed by atoms with E-state index in [9.17, 15) is 4.79 Å². The second kappa shape index (κ2) is 6.39. The third kappa shape index (κ3) is 5.07. The third-order valence-electron chi connectivity index (χ3n) is 3.87. The number of carbonyl (C=O) groups excluding carboxylic acids is 1. The molecule has 0 bridgehead atoms. The monoisotopic (exact) mass is 240 g/mol. The lowest BCUT2D eigenvalue weighted by Gasteiger charge is -2.19. The van der Waals surface area contributed by atoms with E-state index in [1.54, 1.807) is 0 Å². The zero-order chi connectivity index (χ0) is 12.9. The van der Waals surface area contributed by atoms with Crippen molar-refractivity contribution in [3.05, 3.63) is 0 Å². The molecule has 17 heavy (non-hydrogen) atoms. The topological polar surface area (TPSA) is 41.1 Å².